The van der Waals surface area contributed by atoms with Crippen molar-refractivity contribution in [3.8, 4) is 0 Å². The molecule has 0 bridgehead atoms. The van der Waals surface area contributed by atoms with Crippen molar-refractivity contribution in [2.75, 3.05) is 0 Å². The SMILES string of the molecule is CCCCCC(=O)CC(CC)CCCC=CCC=CCC=CCCCC(=O)NC1CC1. The highest BCUT2D eigenvalue weighted by atomic mass is 16.1. The summed E-state index contributed by atoms with van der Waals surface area (Å²) in [5.41, 5.74) is 0. The van der Waals surface area contributed by atoms with E-state index in [4.69, 9.17) is 0 Å². The molecule has 1 unspecified atom stereocenters. The van der Waals surface area contributed by atoms with Gasteiger partial charge < -0.3 is 5.32 Å². The third-order valence-corrected chi connectivity index (χ3v) is 5.90. The summed E-state index contributed by atoms with van der Waals surface area (Å²) in [7, 11) is 0. The van der Waals surface area contributed by atoms with Gasteiger partial charge in [0.1, 0.15) is 5.78 Å². The minimum absolute atomic E-state index is 0.212. The van der Waals surface area contributed by atoms with E-state index in [2.05, 4.69) is 55.6 Å². The van der Waals surface area contributed by atoms with E-state index >= 15 is 0 Å². The Balaban J connectivity index is 1.95. The second-order valence-corrected chi connectivity index (χ2v) is 9.02. The molecule has 1 fully saturated rings. The van der Waals surface area contributed by atoms with Crippen molar-refractivity contribution in [3.05, 3.63) is 36.5 Å². The van der Waals surface area contributed by atoms with Crippen LogP contribution in [0.2, 0.25) is 0 Å². The normalized spacial score (nSPS) is 15.3. The fourth-order valence-corrected chi connectivity index (χ4v) is 3.66. The summed E-state index contributed by atoms with van der Waals surface area (Å²) in [5.74, 6) is 1.25. The molecule has 1 N–H and O–H groups in total. The summed E-state index contributed by atoms with van der Waals surface area (Å²) in [4.78, 5) is 23.6. The van der Waals surface area contributed by atoms with Crippen molar-refractivity contribution >= 4 is 11.7 Å². The number of carbonyl (C=O) groups is 2. The van der Waals surface area contributed by atoms with Gasteiger partial charge in [0.25, 0.3) is 0 Å². The summed E-state index contributed by atoms with van der Waals surface area (Å²) in [6.45, 7) is 4.40. The van der Waals surface area contributed by atoms with Gasteiger partial charge in [-0.2, -0.15) is 0 Å². The van der Waals surface area contributed by atoms with Crippen molar-refractivity contribution < 1.29 is 9.59 Å². The minimum atomic E-state index is 0.212. The van der Waals surface area contributed by atoms with Crippen LogP contribution in [0.15, 0.2) is 36.5 Å². The van der Waals surface area contributed by atoms with E-state index in [9.17, 15) is 9.59 Å². The second kappa shape index (κ2) is 19.1. The van der Waals surface area contributed by atoms with Crippen molar-refractivity contribution in [2.24, 2.45) is 5.92 Å². The molecule has 0 aromatic rings. The zero-order valence-corrected chi connectivity index (χ0v) is 20.2. The first kappa shape index (κ1) is 27.4. The maximum Gasteiger partial charge on any atom is 0.220 e. The van der Waals surface area contributed by atoms with Crippen LogP contribution in [-0.4, -0.2) is 17.7 Å². The van der Waals surface area contributed by atoms with E-state index in [1.165, 1.54) is 25.7 Å². The van der Waals surface area contributed by atoms with Gasteiger partial charge in [0.15, 0.2) is 0 Å². The number of amides is 1. The van der Waals surface area contributed by atoms with Crippen LogP contribution in [0.3, 0.4) is 0 Å². The molecule has 3 heteroatoms. The maximum atomic E-state index is 12.0. The Morgan fingerprint density at radius 1 is 0.839 bits per heavy atom. The van der Waals surface area contributed by atoms with Crippen LogP contribution in [0.25, 0.3) is 0 Å². The van der Waals surface area contributed by atoms with Gasteiger partial charge in [-0.3, -0.25) is 9.59 Å². The Morgan fingerprint density at radius 2 is 1.48 bits per heavy atom. The van der Waals surface area contributed by atoms with Crippen molar-refractivity contribution in [1.82, 2.24) is 5.32 Å². The van der Waals surface area contributed by atoms with Crippen LogP contribution in [0.4, 0.5) is 0 Å². The lowest BCUT2D eigenvalue weighted by Gasteiger charge is -2.13. The van der Waals surface area contributed by atoms with Crippen molar-refractivity contribution in [2.45, 2.75) is 123 Å². The Hall–Kier alpha value is -1.64. The van der Waals surface area contributed by atoms with E-state index in [1.807, 2.05) is 0 Å². The van der Waals surface area contributed by atoms with E-state index < -0.39 is 0 Å². The smallest absolute Gasteiger partial charge is 0.220 e. The average molecular weight is 430 g/mol. The molecule has 1 atom stereocenters. The highest BCUT2D eigenvalue weighted by Gasteiger charge is 2.22. The third-order valence-electron chi connectivity index (χ3n) is 5.90. The number of allylic oxidation sites excluding steroid dienone is 6. The molecule has 0 aromatic heterocycles. The zero-order valence-electron chi connectivity index (χ0n) is 20.2. The molecule has 176 valence electrons. The molecule has 1 rings (SSSR count). The first-order valence-corrected chi connectivity index (χ1v) is 12.9. The molecule has 1 aliphatic carbocycles. The summed E-state index contributed by atoms with van der Waals surface area (Å²) in [6.07, 6.45) is 29.7. The fraction of sp³-hybridized carbons (Fsp3) is 0.714. The van der Waals surface area contributed by atoms with Gasteiger partial charge in [-0.1, -0.05) is 69.6 Å². The summed E-state index contributed by atoms with van der Waals surface area (Å²) >= 11 is 0. The van der Waals surface area contributed by atoms with E-state index in [0.29, 0.717) is 24.2 Å². The number of ketones is 1. The van der Waals surface area contributed by atoms with Crippen LogP contribution < -0.4 is 5.32 Å². The van der Waals surface area contributed by atoms with E-state index in [-0.39, 0.29) is 5.91 Å². The van der Waals surface area contributed by atoms with Crippen molar-refractivity contribution in [3.63, 3.8) is 0 Å². The molecule has 3 nitrogen and oxygen atoms in total. The van der Waals surface area contributed by atoms with Gasteiger partial charge in [-0.25, -0.2) is 0 Å². The molecule has 31 heavy (non-hydrogen) atoms. The summed E-state index contributed by atoms with van der Waals surface area (Å²) < 4.78 is 0. The zero-order chi connectivity index (χ0) is 22.6. The Kier molecular flexibility index (Phi) is 16.9. The summed E-state index contributed by atoms with van der Waals surface area (Å²) in [5, 5.41) is 3.03. The minimum Gasteiger partial charge on any atom is -0.353 e. The molecule has 0 aromatic carbocycles. The number of hydrogen-bond donors (Lipinski definition) is 1. The molecule has 0 spiro atoms. The van der Waals surface area contributed by atoms with Crippen LogP contribution in [0, 0.1) is 5.92 Å². The molecule has 1 amide bonds. The molecule has 0 radical (unpaired) electrons. The van der Waals surface area contributed by atoms with Gasteiger partial charge in [0.05, 0.1) is 0 Å². The number of unbranched alkanes of at least 4 members (excludes halogenated alkanes) is 4. The Labute approximate surface area is 191 Å². The van der Waals surface area contributed by atoms with Gasteiger partial charge in [0, 0.05) is 25.3 Å². The van der Waals surface area contributed by atoms with Crippen LogP contribution in [0.1, 0.15) is 117 Å². The number of Topliss-reactive ketones (excluding diaryl/α,β-unsaturated/α-hetero) is 1. The largest absolute Gasteiger partial charge is 0.353 e. The van der Waals surface area contributed by atoms with E-state index in [1.54, 1.807) is 0 Å². The second-order valence-electron chi connectivity index (χ2n) is 9.02. The van der Waals surface area contributed by atoms with E-state index in [0.717, 1.165) is 70.6 Å². The highest BCUT2D eigenvalue weighted by molar-refractivity contribution is 5.78. The quantitative estimate of drug-likeness (QED) is 0.160. The molecular formula is C28H47NO2. The Morgan fingerprint density at radius 3 is 2.10 bits per heavy atom. The van der Waals surface area contributed by atoms with Crippen LogP contribution >= 0.6 is 0 Å². The van der Waals surface area contributed by atoms with Gasteiger partial charge >= 0.3 is 0 Å². The molecule has 0 aliphatic heterocycles. The van der Waals surface area contributed by atoms with Gasteiger partial charge in [-0.05, 0) is 70.1 Å². The predicted molar refractivity (Wildman–Crippen MR) is 133 cm³/mol. The number of carbonyl (C=O) groups excluding carboxylic acids is 2. The average Bonchev–Trinajstić information content (AvgIpc) is 3.57. The topological polar surface area (TPSA) is 46.2 Å². The summed E-state index contributed by atoms with van der Waals surface area (Å²) in [6, 6.07) is 0.478. The fourth-order valence-electron chi connectivity index (χ4n) is 3.66. The molecule has 1 saturated carbocycles. The predicted octanol–water partition coefficient (Wildman–Crippen LogP) is 7.62. The van der Waals surface area contributed by atoms with Crippen LogP contribution in [0.5, 0.6) is 0 Å². The van der Waals surface area contributed by atoms with Crippen LogP contribution in [-0.2, 0) is 9.59 Å². The number of rotatable bonds is 20. The highest BCUT2D eigenvalue weighted by Crippen LogP contribution is 2.19. The lowest BCUT2D eigenvalue weighted by molar-refractivity contribution is -0.121. The van der Waals surface area contributed by atoms with Crippen molar-refractivity contribution in [1.29, 1.82) is 0 Å². The monoisotopic (exact) mass is 429 g/mol. The molecule has 0 saturated heterocycles. The van der Waals surface area contributed by atoms with Gasteiger partial charge in [0.2, 0.25) is 5.91 Å². The standard InChI is InChI=1S/C28H47NO2/c1-3-5-16-20-27(30)24-25(4-2)19-17-14-12-10-8-6-7-9-11-13-15-18-21-28(31)29-26-22-23-26/h6-7,10-13,25-26H,3-5,8-9,14-24H2,1-2H3,(H,29,31). The first-order chi connectivity index (χ1) is 15.2. The molecular weight excluding hydrogens is 382 g/mol. The molecule has 1 aliphatic rings. The number of nitrogens with one attached hydrogen (secondary N) is 1. The third kappa shape index (κ3) is 17.7. The number of hydrogen-bond acceptors (Lipinski definition) is 2. The maximum absolute atomic E-state index is 12.0. The molecule has 0 heterocycles. The lowest BCUT2D eigenvalue weighted by atomic mass is 9.92. The first-order valence-electron chi connectivity index (χ1n) is 12.9. The Bertz CT molecular complexity index is 557. The lowest BCUT2D eigenvalue weighted by Crippen LogP contribution is -2.24. The van der Waals surface area contributed by atoms with Gasteiger partial charge in [-0.15, -0.1) is 0 Å².